The number of nitrogens with zero attached hydrogens (tertiary/aromatic N) is 7. The predicted molar refractivity (Wildman–Crippen MR) is 125 cm³/mol. The number of benzene rings is 1. The second-order valence-electron chi connectivity index (χ2n) is 6.72. The van der Waals surface area contributed by atoms with Gasteiger partial charge in [-0.2, -0.15) is 5.10 Å². The van der Waals surface area contributed by atoms with Gasteiger partial charge in [-0.3, -0.25) is 0 Å². The quantitative estimate of drug-likeness (QED) is 0.333. The first-order valence-corrected chi connectivity index (χ1v) is 9.38. The number of anilines is 1. The maximum Gasteiger partial charge on any atom is 0.225 e. The number of aliphatic imine (C=N–C) groups is 1. The van der Waals surface area contributed by atoms with Gasteiger partial charge in [0.25, 0.3) is 0 Å². The molecule has 3 aromatic rings. The number of guanidine groups is 1. The van der Waals surface area contributed by atoms with E-state index in [1.807, 2.05) is 54.2 Å². The van der Waals surface area contributed by atoms with Crippen LogP contribution in [0.15, 0.2) is 60.0 Å². The van der Waals surface area contributed by atoms with Crippen molar-refractivity contribution < 1.29 is 0 Å². The normalized spacial score (nSPS) is 14.6. The van der Waals surface area contributed by atoms with Crippen molar-refractivity contribution in [3.8, 4) is 5.69 Å². The average molecular weight is 504 g/mol. The Morgan fingerprint density at radius 1 is 1.03 bits per heavy atom. The zero-order valence-electron chi connectivity index (χ0n) is 16.3. The van der Waals surface area contributed by atoms with Gasteiger partial charge in [0.15, 0.2) is 5.96 Å². The lowest BCUT2D eigenvalue weighted by Gasteiger charge is -2.35. The zero-order chi connectivity index (χ0) is 19.3. The fourth-order valence-electron chi connectivity index (χ4n) is 3.22. The maximum atomic E-state index is 6.25. The molecule has 2 aromatic heterocycles. The third-order valence-electron chi connectivity index (χ3n) is 4.87. The molecule has 2 N–H and O–H groups in total. The summed E-state index contributed by atoms with van der Waals surface area (Å²) in [6, 6.07) is 11.9. The van der Waals surface area contributed by atoms with Gasteiger partial charge in [-0.1, -0.05) is 18.2 Å². The Kier molecular flexibility index (Phi) is 7.02. The number of hydrogen-bond acceptors (Lipinski definition) is 5. The van der Waals surface area contributed by atoms with Crippen LogP contribution in [-0.4, -0.2) is 56.8 Å². The van der Waals surface area contributed by atoms with E-state index in [-0.39, 0.29) is 24.0 Å². The summed E-state index contributed by atoms with van der Waals surface area (Å²) in [5.74, 6) is 1.34. The molecule has 4 rings (SSSR count). The highest BCUT2D eigenvalue weighted by molar-refractivity contribution is 14.0. The summed E-state index contributed by atoms with van der Waals surface area (Å²) in [5, 5.41) is 4.59. The summed E-state index contributed by atoms with van der Waals surface area (Å²) in [6.07, 6.45) is 5.55. The van der Waals surface area contributed by atoms with E-state index < -0.39 is 0 Å². The van der Waals surface area contributed by atoms with Crippen molar-refractivity contribution >= 4 is 35.9 Å². The van der Waals surface area contributed by atoms with E-state index in [1.165, 1.54) is 0 Å². The number of hydrogen-bond donors (Lipinski definition) is 1. The molecule has 0 saturated carbocycles. The van der Waals surface area contributed by atoms with Gasteiger partial charge in [0, 0.05) is 50.3 Å². The second kappa shape index (κ2) is 9.68. The number of rotatable bonds is 4. The first-order chi connectivity index (χ1) is 13.7. The van der Waals surface area contributed by atoms with Crippen molar-refractivity contribution in [1.29, 1.82) is 0 Å². The summed E-state index contributed by atoms with van der Waals surface area (Å²) < 4.78 is 1.88. The van der Waals surface area contributed by atoms with Crippen molar-refractivity contribution in [2.75, 3.05) is 31.1 Å². The van der Waals surface area contributed by atoms with E-state index >= 15 is 0 Å². The summed E-state index contributed by atoms with van der Waals surface area (Å²) in [5.41, 5.74) is 9.32. The van der Waals surface area contributed by atoms with Crippen LogP contribution in [0.2, 0.25) is 0 Å². The molecular formula is C20H25IN8. The predicted octanol–water partition coefficient (Wildman–Crippen LogP) is 2.23. The highest BCUT2D eigenvalue weighted by Gasteiger charge is 2.20. The molecule has 3 heterocycles. The summed E-state index contributed by atoms with van der Waals surface area (Å²) in [6.45, 7) is 5.77. The molecule has 152 valence electrons. The number of nitrogens with two attached hydrogens (primary N) is 1. The zero-order valence-corrected chi connectivity index (χ0v) is 18.7. The molecule has 0 spiro atoms. The van der Waals surface area contributed by atoms with Gasteiger partial charge in [-0.15, -0.1) is 24.0 Å². The molecule has 1 aromatic carbocycles. The Hall–Kier alpha value is -2.69. The Morgan fingerprint density at radius 2 is 1.72 bits per heavy atom. The van der Waals surface area contributed by atoms with Crippen LogP contribution in [0, 0.1) is 6.92 Å². The minimum atomic E-state index is 0. The summed E-state index contributed by atoms with van der Waals surface area (Å²) in [4.78, 5) is 17.5. The molecule has 1 saturated heterocycles. The van der Waals surface area contributed by atoms with Crippen LogP contribution in [0.25, 0.3) is 5.69 Å². The smallest absolute Gasteiger partial charge is 0.225 e. The van der Waals surface area contributed by atoms with Crippen LogP contribution in [0.1, 0.15) is 11.3 Å². The molecule has 0 radical (unpaired) electrons. The number of piperazine rings is 1. The Labute approximate surface area is 187 Å². The molecule has 9 heteroatoms. The first-order valence-electron chi connectivity index (χ1n) is 9.38. The van der Waals surface area contributed by atoms with E-state index in [1.54, 1.807) is 12.4 Å². The largest absolute Gasteiger partial charge is 0.370 e. The van der Waals surface area contributed by atoms with Crippen molar-refractivity contribution in [3.05, 3.63) is 66.2 Å². The standard InChI is InChI=1S/C20H24N8.HI/c1-16-17(15-28(25-16)18-6-3-2-4-7-18)14-24-19(21)26-10-12-27(13-11-26)20-22-8-5-9-23-20;/h2-9,15H,10-14H2,1H3,(H2,21,24);1H. The number of para-hydroxylation sites is 1. The lowest BCUT2D eigenvalue weighted by molar-refractivity contribution is 0.378. The molecular weight excluding hydrogens is 479 g/mol. The van der Waals surface area contributed by atoms with Gasteiger partial charge in [0.1, 0.15) is 0 Å². The first kappa shape index (κ1) is 21.0. The monoisotopic (exact) mass is 504 g/mol. The summed E-state index contributed by atoms with van der Waals surface area (Å²) in [7, 11) is 0. The fraction of sp³-hybridized carbons (Fsp3) is 0.300. The van der Waals surface area contributed by atoms with Crippen LogP contribution in [-0.2, 0) is 6.54 Å². The van der Waals surface area contributed by atoms with E-state index in [2.05, 4.69) is 29.9 Å². The number of aryl methyl sites for hydroxylation is 1. The average Bonchev–Trinajstić information content (AvgIpc) is 3.14. The van der Waals surface area contributed by atoms with Gasteiger partial charge < -0.3 is 15.5 Å². The van der Waals surface area contributed by atoms with Crippen molar-refractivity contribution in [3.63, 3.8) is 0 Å². The molecule has 0 unspecified atom stereocenters. The molecule has 8 nitrogen and oxygen atoms in total. The SMILES string of the molecule is Cc1nn(-c2ccccc2)cc1CN=C(N)N1CCN(c2ncccn2)CC1.I. The second-order valence-corrected chi connectivity index (χ2v) is 6.72. The van der Waals surface area contributed by atoms with E-state index in [0.717, 1.165) is 49.1 Å². The molecule has 29 heavy (non-hydrogen) atoms. The van der Waals surface area contributed by atoms with E-state index in [9.17, 15) is 0 Å². The topological polar surface area (TPSA) is 88.5 Å². The van der Waals surface area contributed by atoms with Gasteiger partial charge in [-0.25, -0.2) is 19.6 Å². The lowest BCUT2D eigenvalue weighted by atomic mass is 10.2. The molecule has 0 bridgehead atoms. The van der Waals surface area contributed by atoms with Gasteiger partial charge in [0.05, 0.1) is 17.9 Å². The molecule has 1 aliphatic rings. The summed E-state index contributed by atoms with van der Waals surface area (Å²) >= 11 is 0. The number of aromatic nitrogens is 4. The Balaban J connectivity index is 0.00000240. The molecule has 0 aliphatic carbocycles. The highest BCUT2D eigenvalue weighted by Crippen LogP contribution is 2.13. The van der Waals surface area contributed by atoms with Gasteiger partial charge in [0.2, 0.25) is 5.95 Å². The van der Waals surface area contributed by atoms with Crippen LogP contribution >= 0.6 is 24.0 Å². The van der Waals surface area contributed by atoms with Gasteiger partial charge >= 0.3 is 0 Å². The minimum absolute atomic E-state index is 0. The fourth-order valence-corrected chi connectivity index (χ4v) is 3.22. The van der Waals surface area contributed by atoms with E-state index in [4.69, 9.17) is 5.73 Å². The Bertz CT molecular complexity index is 934. The van der Waals surface area contributed by atoms with Crippen molar-refractivity contribution in [2.45, 2.75) is 13.5 Å². The molecule has 1 fully saturated rings. The van der Waals surface area contributed by atoms with Crippen molar-refractivity contribution in [2.24, 2.45) is 10.7 Å². The molecule has 0 amide bonds. The molecule has 1 aliphatic heterocycles. The van der Waals surface area contributed by atoms with Crippen LogP contribution in [0.4, 0.5) is 5.95 Å². The lowest BCUT2D eigenvalue weighted by Crippen LogP contribution is -2.51. The molecule has 0 atom stereocenters. The third kappa shape index (κ3) is 5.03. The third-order valence-corrected chi connectivity index (χ3v) is 4.87. The maximum absolute atomic E-state index is 6.25. The Morgan fingerprint density at radius 3 is 2.41 bits per heavy atom. The van der Waals surface area contributed by atoms with Crippen LogP contribution in [0.3, 0.4) is 0 Å². The van der Waals surface area contributed by atoms with Gasteiger partial charge in [-0.05, 0) is 25.1 Å². The van der Waals surface area contributed by atoms with Crippen LogP contribution < -0.4 is 10.6 Å². The number of halogens is 1. The van der Waals surface area contributed by atoms with Crippen molar-refractivity contribution in [1.82, 2.24) is 24.6 Å². The van der Waals surface area contributed by atoms with Crippen LogP contribution in [0.5, 0.6) is 0 Å². The van der Waals surface area contributed by atoms with E-state index in [0.29, 0.717) is 12.5 Å². The minimum Gasteiger partial charge on any atom is -0.370 e. The highest BCUT2D eigenvalue weighted by atomic mass is 127.